The summed E-state index contributed by atoms with van der Waals surface area (Å²) >= 11 is 0. The number of nitrogens with zero attached hydrogens (tertiary/aromatic N) is 2. The number of rotatable bonds is 6. The highest BCUT2D eigenvalue weighted by Crippen LogP contribution is 2.22. The van der Waals surface area contributed by atoms with Crippen LogP contribution in [0.3, 0.4) is 0 Å². The molecule has 0 bridgehead atoms. The lowest BCUT2D eigenvalue weighted by Gasteiger charge is -2.19. The van der Waals surface area contributed by atoms with Gasteiger partial charge in [-0.2, -0.15) is 0 Å². The van der Waals surface area contributed by atoms with Gasteiger partial charge in [0.25, 0.3) is 5.91 Å². The lowest BCUT2D eigenvalue weighted by molar-refractivity contribution is -0.122. The van der Waals surface area contributed by atoms with E-state index in [0.29, 0.717) is 23.1 Å². The van der Waals surface area contributed by atoms with Crippen LogP contribution in [0, 0.1) is 5.92 Å². The lowest BCUT2D eigenvalue weighted by atomic mass is 10.0. The van der Waals surface area contributed by atoms with E-state index in [1.165, 1.54) is 4.57 Å². The van der Waals surface area contributed by atoms with Crippen molar-refractivity contribution in [1.82, 2.24) is 25.2 Å². The maximum Gasteiger partial charge on any atom is 0.327 e. The monoisotopic (exact) mass is 395 g/mol. The van der Waals surface area contributed by atoms with Crippen LogP contribution in [0.5, 0.6) is 0 Å². The third kappa shape index (κ3) is 4.37. The summed E-state index contributed by atoms with van der Waals surface area (Å²) < 4.78 is 1.49. The number of aromatic nitrogens is 3. The van der Waals surface area contributed by atoms with E-state index in [-0.39, 0.29) is 23.4 Å². The first-order valence-electron chi connectivity index (χ1n) is 9.47. The third-order valence-corrected chi connectivity index (χ3v) is 4.79. The van der Waals surface area contributed by atoms with Crippen LogP contribution < -0.4 is 16.3 Å². The van der Waals surface area contributed by atoms with E-state index in [4.69, 9.17) is 0 Å². The molecule has 0 radical (unpaired) electrons. The Morgan fingerprint density at radius 2 is 1.97 bits per heavy atom. The van der Waals surface area contributed by atoms with Crippen LogP contribution in [0.2, 0.25) is 0 Å². The molecule has 8 heteroatoms. The molecule has 2 heterocycles. The highest BCUT2D eigenvalue weighted by atomic mass is 16.2. The second-order valence-corrected chi connectivity index (χ2v) is 7.43. The largest absolute Gasteiger partial charge is 0.357 e. The number of nitrogens with one attached hydrogen (secondary N) is 3. The highest BCUT2D eigenvalue weighted by Gasteiger charge is 2.21. The molecule has 0 saturated heterocycles. The Labute approximate surface area is 168 Å². The number of imidazole rings is 1. The Morgan fingerprint density at radius 3 is 2.66 bits per heavy atom. The maximum absolute atomic E-state index is 12.8. The molecule has 2 amide bonds. The number of fused-ring (bicyclic) bond motifs is 1. The molecule has 8 nitrogen and oxygen atoms in total. The molecular formula is C21H25N5O3. The fraction of sp³-hybridized carbons (Fsp3) is 0.333. The van der Waals surface area contributed by atoms with Gasteiger partial charge in [-0.1, -0.05) is 26.0 Å². The van der Waals surface area contributed by atoms with Crippen molar-refractivity contribution in [1.29, 1.82) is 0 Å². The van der Waals surface area contributed by atoms with Crippen molar-refractivity contribution < 1.29 is 9.59 Å². The minimum absolute atomic E-state index is 0.216. The van der Waals surface area contributed by atoms with E-state index in [0.717, 1.165) is 11.1 Å². The third-order valence-electron chi connectivity index (χ3n) is 4.79. The number of H-pyrrole nitrogens is 1. The Balaban J connectivity index is 1.88. The molecule has 1 aromatic carbocycles. The average Bonchev–Trinajstić information content (AvgIpc) is 3.00. The Morgan fingerprint density at radius 1 is 1.21 bits per heavy atom. The van der Waals surface area contributed by atoms with Crippen molar-refractivity contribution in [2.45, 2.75) is 26.3 Å². The SMILES string of the molecule is CNC(=O)[C@@H](CC(C)C)NC(=O)c1cccc(-c2cnc3[nH]c(=O)n(C)c3c2)c1. The molecule has 0 unspecified atom stereocenters. The van der Waals surface area contributed by atoms with Crippen molar-refractivity contribution in [3.63, 3.8) is 0 Å². The van der Waals surface area contributed by atoms with Crippen LogP contribution >= 0.6 is 0 Å². The molecule has 29 heavy (non-hydrogen) atoms. The number of amides is 2. The van der Waals surface area contributed by atoms with E-state index in [2.05, 4.69) is 20.6 Å². The molecule has 0 aliphatic rings. The molecule has 0 saturated carbocycles. The molecule has 0 aliphatic carbocycles. The fourth-order valence-corrected chi connectivity index (χ4v) is 3.22. The summed E-state index contributed by atoms with van der Waals surface area (Å²) in [6.45, 7) is 4.00. The normalized spacial score (nSPS) is 12.2. The molecule has 0 spiro atoms. The summed E-state index contributed by atoms with van der Waals surface area (Å²) in [5, 5.41) is 5.42. The van der Waals surface area contributed by atoms with Gasteiger partial charge in [0.15, 0.2) is 5.65 Å². The van der Waals surface area contributed by atoms with Crippen molar-refractivity contribution in [3.05, 3.63) is 52.6 Å². The van der Waals surface area contributed by atoms with Crippen molar-refractivity contribution in [3.8, 4) is 11.1 Å². The molecule has 0 aliphatic heterocycles. The molecule has 3 aromatic rings. The number of benzene rings is 1. The minimum atomic E-state index is -0.594. The maximum atomic E-state index is 12.8. The Bertz CT molecular complexity index is 1110. The number of pyridine rings is 1. The van der Waals surface area contributed by atoms with Gasteiger partial charge in [0.2, 0.25) is 5.91 Å². The number of hydrogen-bond acceptors (Lipinski definition) is 4. The zero-order chi connectivity index (χ0) is 21.1. The summed E-state index contributed by atoms with van der Waals surface area (Å²) in [7, 11) is 3.23. The number of aromatic amines is 1. The predicted octanol–water partition coefficient (Wildman–Crippen LogP) is 1.82. The van der Waals surface area contributed by atoms with Crippen molar-refractivity contribution >= 4 is 23.0 Å². The number of likely N-dealkylation sites (N-methyl/N-ethyl adjacent to an activating group) is 1. The summed E-state index contributed by atoms with van der Waals surface area (Å²) in [5.41, 5.74) is 2.98. The molecular weight excluding hydrogens is 370 g/mol. The average molecular weight is 395 g/mol. The van der Waals surface area contributed by atoms with Gasteiger partial charge >= 0.3 is 5.69 Å². The molecule has 3 N–H and O–H groups in total. The van der Waals surface area contributed by atoms with E-state index >= 15 is 0 Å². The van der Waals surface area contributed by atoms with Crippen LogP contribution in [0.4, 0.5) is 0 Å². The highest BCUT2D eigenvalue weighted by molar-refractivity contribution is 5.98. The van der Waals surface area contributed by atoms with Gasteiger partial charge in [-0.15, -0.1) is 0 Å². The second-order valence-electron chi connectivity index (χ2n) is 7.43. The quantitative estimate of drug-likeness (QED) is 0.591. The van der Waals surface area contributed by atoms with Gasteiger partial charge in [0, 0.05) is 31.4 Å². The molecule has 3 rings (SSSR count). The topological polar surface area (TPSA) is 109 Å². The zero-order valence-corrected chi connectivity index (χ0v) is 16.9. The molecule has 2 aromatic heterocycles. The van der Waals surface area contributed by atoms with Crippen LogP contribution in [-0.2, 0) is 11.8 Å². The standard InChI is InChI=1S/C21H25N5O3/c1-12(2)8-16(20(28)22-3)24-19(27)14-7-5-6-13(9-14)15-10-17-18(23-11-15)25-21(29)26(17)4/h5-7,9-12,16H,8H2,1-4H3,(H,22,28)(H,24,27)(H,23,25,29)/t16-/m1/s1. The Hall–Kier alpha value is -3.42. The molecule has 0 fully saturated rings. The van der Waals surface area contributed by atoms with Crippen molar-refractivity contribution in [2.24, 2.45) is 13.0 Å². The summed E-state index contributed by atoms with van der Waals surface area (Å²) in [4.78, 5) is 43.6. The van der Waals surface area contributed by atoms with Gasteiger partial charge in [-0.25, -0.2) is 9.78 Å². The van der Waals surface area contributed by atoms with E-state index in [9.17, 15) is 14.4 Å². The minimum Gasteiger partial charge on any atom is -0.357 e. The second kappa shape index (κ2) is 8.30. The van der Waals surface area contributed by atoms with E-state index in [1.807, 2.05) is 26.0 Å². The van der Waals surface area contributed by atoms with Gasteiger partial charge in [0.05, 0.1) is 5.52 Å². The number of hydrogen-bond donors (Lipinski definition) is 3. The van der Waals surface area contributed by atoms with E-state index in [1.54, 1.807) is 38.5 Å². The Kier molecular flexibility index (Phi) is 5.81. The smallest absolute Gasteiger partial charge is 0.327 e. The lowest BCUT2D eigenvalue weighted by Crippen LogP contribution is -2.46. The molecule has 1 atom stereocenters. The van der Waals surface area contributed by atoms with Gasteiger partial charge < -0.3 is 10.6 Å². The number of carbonyl (C=O) groups is 2. The number of aryl methyl sites for hydroxylation is 1. The summed E-state index contributed by atoms with van der Waals surface area (Å²) in [6.07, 6.45) is 2.20. The van der Waals surface area contributed by atoms with Crippen LogP contribution in [0.25, 0.3) is 22.3 Å². The fourth-order valence-electron chi connectivity index (χ4n) is 3.22. The first-order valence-corrected chi connectivity index (χ1v) is 9.47. The van der Waals surface area contributed by atoms with E-state index < -0.39 is 6.04 Å². The predicted molar refractivity (Wildman–Crippen MR) is 112 cm³/mol. The van der Waals surface area contributed by atoms with Gasteiger partial charge in [0.1, 0.15) is 6.04 Å². The van der Waals surface area contributed by atoms with Crippen LogP contribution in [0.1, 0.15) is 30.6 Å². The number of carbonyl (C=O) groups excluding carboxylic acids is 2. The van der Waals surface area contributed by atoms with Crippen LogP contribution in [-0.4, -0.2) is 39.4 Å². The van der Waals surface area contributed by atoms with Gasteiger partial charge in [-0.3, -0.25) is 19.1 Å². The first-order chi connectivity index (χ1) is 13.8. The van der Waals surface area contributed by atoms with Gasteiger partial charge in [-0.05, 0) is 36.1 Å². The summed E-state index contributed by atoms with van der Waals surface area (Å²) in [5.74, 6) is -0.273. The zero-order valence-electron chi connectivity index (χ0n) is 16.9. The first kappa shape index (κ1) is 20.3. The summed E-state index contributed by atoms with van der Waals surface area (Å²) in [6, 6.07) is 8.36. The van der Waals surface area contributed by atoms with Crippen molar-refractivity contribution in [2.75, 3.05) is 7.05 Å². The molecule has 152 valence electrons. The van der Waals surface area contributed by atoms with Crippen LogP contribution in [0.15, 0.2) is 41.3 Å².